The van der Waals surface area contributed by atoms with E-state index in [1.165, 1.54) is 0 Å². The second-order valence-corrected chi connectivity index (χ2v) is 9.77. The third-order valence-corrected chi connectivity index (χ3v) is 6.96. The number of pyridine rings is 1. The third kappa shape index (κ3) is 3.31. The van der Waals surface area contributed by atoms with Crippen molar-refractivity contribution < 1.29 is 9.53 Å². The molecule has 0 aliphatic carbocycles. The number of ether oxygens (including phenoxy) is 1. The minimum absolute atomic E-state index is 0.0922. The molecule has 5 heterocycles. The highest BCUT2D eigenvalue weighted by Gasteiger charge is 2.45. The van der Waals surface area contributed by atoms with Crippen LogP contribution in [0.5, 0.6) is 0 Å². The number of hydrogen-bond donors (Lipinski definition) is 0. The summed E-state index contributed by atoms with van der Waals surface area (Å²) in [5, 5.41) is 9.13. The predicted octanol–water partition coefficient (Wildman–Crippen LogP) is 4.94. The molecular weight excluding hydrogens is 464 g/mol. The van der Waals surface area contributed by atoms with E-state index in [4.69, 9.17) is 21.3 Å². The van der Waals surface area contributed by atoms with Crippen molar-refractivity contribution in [3.63, 3.8) is 0 Å². The standard InChI is InChI=1S/C26H25ClN6O2/c1-14(2)32-23-21(28-25(32)18-9-10-35-13-18)26(34)33(22(23)17-5-7-19(27)8-6-17)20-11-15(3)24-30-29-16(4)31(24)12-20/h5-9,11-12,14,22H,10,13H2,1-4H3. The normalized spacial score (nSPS) is 17.7. The van der Waals surface area contributed by atoms with Crippen LogP contribution in [0.4, 0.5) is 5.69 Å². The molecule has 8 nitrogen and oxygen atoms in total. The van der Waals surface area contributed by atoms with Crippen molar-refractivity contribution in [2.24, 2.45) is 0 Å². The van der Waals surface area contributed by atoms with Crippen molar-refractivity contribution in [2.75, 3.05) is 18.1 Å². The number of aromatic nitrogens is 5. The summed E-state index contributed by atoms with van der Waals surface area (Å²) in [5.41, 5.74) is 5.81. The van der Waals surface area contributed by atoms with Gasteiger partial charge in [0.15, 0.2) is 11.3 Å². The van der Waals surface area contributed by atoms with Gasteiger partial charge < -0.3 is 9.30 Å². The monoisotopic (exact) mass is 488 g/mol. The number of benzene rings is 1. The number of nitrogens with zero attached hydrogens (tertiary/aromatic N) is 6. The zero-order valence-corrected chi connectivity index (χ0v) is 20.7. The van der Waals surface area contributed by atoms with Gasteiger partial charge in [0, 0.05) is 22.8 Å². The summed E-state index contributed by atoms with van der Waals surface area (Å²) in [4.78, 5) is 20.8. The first-order valence-electron chi connectivity index (χ1n) is 11.7. The lowest BCUT2D eigenvalue weighted by molar-refractivity contribution is 0.0989. The van der Waals surface area contributed by atoms with E-state index in [1.54, 1.807) is 0 Å². The molecule has 9 heteroatoms. The maximum Gasteiger partial charge on any atom is 0.279 e. The van der Waals surface area contributed by atoms with Crippen molar-refractivity contribution in [3.8, 4) is 0 Å². The Morgan fingerprint density at radius 1 is 1.14 bits per heavy atom. The fourth-order valence-electron chi connectivity index (χ4n) is 5.11. The molecule has 2 aliphatic rings. The number of rotatable bonds is 4. The van der Waals surface area contributed by atoms with Crippen LogP contribution in [0, 0.1) is 13.8 Å². The van der Waals surface area contributed by atoms with E-state index in [0.717, 1.165) is 45.4 Å². The fourth-order valence-corrected chi connectivity index (χ4v) is 5.23. The van der Waals surface area contributed by atoms with Crippen molar-refractivity contribution >= 4 is 34.4 Å². The molecule has 6 rings (SSSR count). The summed E-state index contributed by atoms with van der Waals surface area (Å²) in [6.45, 7) is 9.17. The molecule has 0 N–H and O–H groups in total. The summed E-state index contributed by atoms with van der Waals surface area (Å²) in [5.74, 6) is 1.43. The minimum Gasteiger partial charge on any atom is -0.373 e. The molecule has 0 spiro atoms. The first kappa shape index (κ1) is 22.0. The zero-order chi connectivity index (χ0) is 24.4. The largest absolute Gasteiger partial charge is 0.373 e. The summed E-state index contributed by atoms with van der Waals surface area (Å²) in [6, 6.07) is 9.40. The van der Waals surface area contributed by atoms with Gasteiger partial charge in [-0.1, -0.05) is 23.7 Å². The van der Waals surface area contributed by atoms with Gasteiger partial charge in [-0.2, -0.15) is 0 Å². The molecule has 0 bridgehead atoms. The van der Waals surface area contributed by atoms with E-state index < -0.39 is 0 Å². The van der Waals surface area contributed by atoms with Gasteiger partial charge in [0.2, 0.25) is 0 Å². The number of carbonyl (C=O) groups excluding carboxylic acids is 1. The Balaban J connectivity index is 1.60. The van der Waals surface area contributed by atoms with Crippen LogP contribution in [0.1, 0.15) is 64.9 Å². The highest BCUT2D eigenvalue weighted by molar-refractivity contribution is 6.30. The van der Waals surface area contributed by atoms with Crippen molar-refractivity contribution in [2.45, 2.75) is 39.8 Å². The molecule has 0 fully saturated rings. The second kappa shape index (κ2) is 8.03. The maximum absolute atomic E-state index is 14.1. The Kier molecular flexibility index (Phi) is 5.05. The molecular formula is C26H25ClN6O2. The van der Waals surface area contributed by atoms with Crippen molar-refractivity contribution in [3.05, 3.63) is 81.8 Å². The van der Waals surface area contributed by atoms with Gasteiger partial charge in [0.25, 0.3) is 5.91 Å². The highest BCUT2D eigenvalue weighted by atomic mass is 35.5. The number of carbonyl (C=O) groups is 1. The van der Waals surface area contributed by atoms with Crippen LogP contribution in [0.25, 0.3) is 11.2 Å². The summed E-state index contributed by atoms with van der Waals surface area (Å²) >= 11 is 6.23. The summed E-state index contributed by atoms with van der Waals surface area (Å²) < 4.78 is 9.69. The molecule has 3 aromatic heterocycles. The molecule has 4 aromatic rings. The highest BCUT2D eigenvalue weighted by Crippen LogP contribution is 2.44. The Bertz CT molecular complexity index is 1520. The first-order chi connectivity index (χ1) is 16.8. The van der Waals surface area contributed by atoms with Gasteiger partial charge in [-0.15, -0.1) is 10.2 Å². The van der Waals surface area contributed by atoms with Crippen LogP contribution >= 0.6 is 11.6 Å². The summed E-state index contributed by atoms with van der Waals surface area (Å²) in [7, 11) is 0. The van der Waals surface area contributed by atoms with Gasteiger partial charge in [-0.05, 0) is 63.1 Å². The van der Waals surface area contributed by atoms with Gasteiger partial charge in [0.1, 0.15) is 17.7 Å². The van der Waals surface area contributed by atoms with E-state index in [2.05, 4.69) is 28.6 Å². The second-order valence-electron chi connectivity index (χ2n) is 9.33. The number of fused-ring (bicyclic) bond motifs is 2. The molecule has 1 atom stereocenters. The lowest BCUT2D eigenvalue weighted by Crippen LogP contribution is -2.31. The van der Waals surface area contributed by atoms with Gasteiger partial charge >= 0.3 is 0 Å². The first-order valence-corrected chi connectivity index (χ1v) is 12.0. The molecule has 178 valence electrons. The Labute approximate surface area is 207 Å². The number of halogens is 1. The van der Waals surface area contributed by atoms with Gasteiger partial charge in [0.05, 0.1) is 24.6 Å². The molecule has 0 saturated carbocycles. The Morgan fingerprint density at radius 3 is 2.60 bits per heavy atom. The Hall–Kier alpha value is -3.49. The third-order valence-electron chi connectivity index (χ3n) is 6.70. The van der Waals surface area contributed by atoms with Crippen LogP contribution in [-0.2, 0) is 4.74 Å². The van der Waals surface area contributed by atoms with E-state index >= 15 is 0 Å². The van der Waals surface area contributed by atoms with E-state index in [0.29, 0.717) is 23.9 Å². The maximum atomic E-state index is 14.1. The average molecular weight is 489 g/mol. The molecule has 2 aliphatic heterocycles. The number of hydrogen-bond acceptors (Lipinski definition) is 5. The van der Waals surface area contributed by atoms with Crippen LogP contribution in [-0.4, -0.2) is 43.3 Å². The van der Waals surface area contributed by atoms with Crippen LogP contribution in [0.15, 0.2) is 42.6 Å². The Morgan fingerprint density at radius 2 is 1.91 bits per heavy atom. The number of anilines is 1. The van der Waals surface area contributed by atoms with Crippen LogP contribution in [0.3, 0.4) is 0 Å². The average Bonchev–Trinajstić information content (AvgIpc) is 3.59. The smallest absolute Gasteiger partial charge is 0.279 e. The molecule has 1 unspecified atom stereocenters. The summed E-state index contributed by atoms with van der Waals surface area (Å²) in [6.07, 6.45) is 3.97. The zero-order valence-electron chi connectivity index (χ0n) is 20.0. The van der Waals surface area contributed by atoms with Crippen LogP contribution < -0.4 is 4.90 Å². The molecule has 0 saturated heterocycles. The van der Waals surface area contributed by atoms with Gasteiger partial charge in [-0.3, -0.25) is 14.1 Å². The number of amides is 1. The predicted molar refractivity (Wildman–Crippen MR) is 134 cm³/mol. The molecule has 1 amide bonds. The van der Waals surface area contributed by atoms with Crippen LogP contribution in [0.2, 0.25) is 5.02 Å². The lowest BCUT2D eigenvalue weighted by Gasteiger charge is -2.29. The lowest BCUT2D eigenvalue weighted by atomic mass is 10.0. The molecule has 1 aromatic carbocycles. The number of imidazole rings is 1. The van der Waals surface area contributed by atoms with E-state index in [-0.39, 0.29) is 18.0 Å². The van der Waals surface area contributed by atoms with E-state index in [1.807, 2.05) is 65.8 Å². The number of aryl methyl sites for hydroxylation is 2. The van der Waals surface area contributed by atoms with E-state index in [9.17, 15) is 4.79 Å². The SMILES string of the molecule is Cc1cc(N2C(=O)c3nc(C4=CCOC4)n(C(C)C)c3C2c2ccc(Cl)cc2)cn2c(C)nnc12. The molecule has 35 heavy (non-hydrogen) atoms. The molecule has 0 radical (unpaired) electrons. The topological polar surface area (TPSA) is 77.6 Å². The van der Waals surface area contributed by atoms with Crippen molar-refractivity contribution in [1.82, 2.24) is 24.1 Å². The quantitative estimate of drug-likeness (QED) is 0.406. The van der Waals surface area contributed by atoms with Gasteiger partial charge in [-0.25, -0.2) is 4.98 Å². The van der Waals surface area contributed by atoms with Crippen molar-refractivity contribution in [1.29, 1.82) is 0 Å². The fraction of sp³-hybridized carbons (Fsp3) is 0.308. The minimum atomic E-state index is -0.366.